The molecule has 9 heteroatoms. The molecule has 0 bridgehead atoms. The predicted octanol–water partition coefficient (Wildman–Crippen LogP) is 4.55. The molecule has 2 amide bonds. The van der Waals surface area contributed by atoms with Gasteiger partial charge in [-0.15, -0.1) is 0 Å². The first kappa shape index (κ1) is 23.4. The Morgan fingerprint density at radius 2 is 1.77 bits per heavy atom. The third-order valence-electron chi connectivity index (χ3n) is 4.81. The third kappa shape index (κ3) is 8.67. The minimum Gasteiger partial charge on any atom is -0.444 e. The molecule has 1 aromatic rings. The van der Waals surface area contributed by atoms with E-state index in [1.54, 1.807) is 20.8 Å². The quantitative estimate of drug-likeness (QED) is 0.492. The molecule has 1 aliphatic carbocycles. The molecule has 0 unspecified atom stereocenters. The van der Waals surface area contributed by atoms with Gasteiger partial charge in [-0.05, 0) is 45.2 Å². The van der Waals surface area contributed by atoms with Gasteiger partial charge in [-0.1, -0.05) is 32.1 Å². The average Bonchev–Trinajstić information content (AvgIpc) is 2.66. The molecule has 166 valence electrons. The van der Waals surface area contributed by atoms with Crippen molar-refractivity contribution in [3.8, 4) is 5.75 Å². The molecule has 2 N–H and O–H groups in total. The lowest BCUT2D eigenvalue weighted by Crippen LogP contribution is -2.47. The average molecular weight is 421 g/mol. The second-order valence-electron chi connectivity index (χ2n) is 8.60. The number of amides is 2. The molecule has 1 fully saturated rings. The molecule has 1 aliphatic rings. The summed E-state index contributed by atoms with van der Waals surface area (Å²) < 4.78 is 10.5. The summed E-state index contributed by atoms with van der Waals surface area (Å²) in [5.74, 6) is 0.688. The van der Waals surface area contributed by atoms with Gasteiger partial charge >= 0.3 is 12.2 Å². The first-order valence-corrected chi connectivity index (χ1v) is 10.3. The molecule has 0 heterocycles. The largest absolute Gasteiger partial charge is 0.444 e. The minimum atomic E-state index is -0.691. The van der Waals surface area contributed by atoms with Gasteiger partial charge in [-0.2, -0.15) is 0 Å². The van der Waals surface area contributed by atoms with Gasteiger partial charge in [0.05, 0.1) is 4.92 Å². The number of nitro benzene ring substituents is 1. The van der Waals surface area contributed by atoms with Crippen molar-refractivity contribution >= 4 is 17.9 Å². The van der Waals surface area contributed by atoms with Crippen LogP contribution in [0.1, 0.15) is 59.3 Å². The first-order chi connectivity index (χ1) is 14.1. The number of ether oxygens (including phenoxy) is 2. The zero-order valence-corrected chi connectivity index (χ0v) is 17.8. The molecular formula is C21H31N3O6. The van der Waals surface area contributed by atoms with Crippen molar-refractivity contribution in [2.24, 2.45) is 5.92 Å². The van der Waals surface area contributed by atoms with E-state index in [0.717, 1.165) is 19.3 Å². The summed E-state index contributed by atoms with van der Waals surface area (Å²) in [4.78, 5) is 34.5. The van der Waals surface area contributed by atoms with Gasteiger partial charge in [0, 0.05) is 24.7 Å². The molecule has 0 aliphatic heterocycles. The van der Waals surface area contributed by atoms with Crippen molar-refractivity contribution in [1.82, 2.24) is 10.6 Å². The standard InChI is InChI=1S/C21H31N3O6/c1-21(2,3)30-20(26)23-16(13-15-7-5-4-6-8-15)14-22-19(25)29-18-11-9-17(10-12-18)24(27)28/h9-12,15-16H,4-8,13-14H2,1-3H3,(H,22,25)(H,23,26)/t16-/m0/s1. The number of carbonyl (C=O) groups excluding carboxylic acids is 2. The Hall–Kier alpha value is -2.84. The van der Waals surface area contributed by atoms with Crippen LogP contribution in [0.25, 0.3) is 0 Å². The van der Waals surface area contributed by atoms with Crippen LogP contribution >= 0.6 is 0 Å². The topological polar surface area (TPSA) is 120 Å². The molecular weight excluding hydrogens is 390 g/mol. The number of rotatable bonds is 7. The van der Waals surface area contributed by atoms with Crippen LogP contribution in [0.5, 0.6) is 5.75 Å². The zero-order chi connectivity index (χ0) is 22.1. The maximum atomic E-state index is 12.2. The van der Waals surface area contributed by atoms with Crippen molar-refractivity contribution in [1.29, 1.82) is 0 Å². The highest BCUT2D eigenvalue weighted by molar-refractivity contribution is 5.71. The minimum absolute atomic E-state index is 0.0862. The van der Waals surface area contributed by atoms with E-state index in [-0.39, 0.29) is 24.0 Å². The lowest BCUT2D eigenvalue weighted by Gasteiger charge is -2.28. The van der Waals surface area contributed by atoms with Gasteiger partial charge in [0.1, 0.15) is 11.4 Å². The van der Waals surface area contributed by atoms with Crippen molar-refractivity contribution < 1.29 is 24.0 Å². The van der Waals surface area contributed by atoms with Crippen LogP contribution in [0, 0.1) is 16.0 Å². The summed E-state index contributed by atoms with van der Waals surface area (Å²) in [6.07, 6.45) is 5.35. The van der Waals surface area contributed by atoms with Crippen molar-refractivity contribution in [3.05, 3.63) is 34.4 Å². The summed E-state index contributed by atoms with van der Waals surface area (Å²) in [5.41, 5.74) is -0.696. The number of non-ortho nitro benzene ring substituents is 1. The van der Waals surface area contributed by atoms with Gasteiger partial charge in [0.15, 0.2) is 0 Å². The molecule has 30 heavy (non-hydrogen) atoms. The van der Waals surface area contributed by atoms with Crippen LogP contribution in [-0.2, 0) is 4.74 Å². The SMILES string of the molecule is CC(C)(C)OC(=O)N[C@H](CNC(=O)Oc1ccc([N+](=O)[O-])cc1)CC1CCCCC1. The summed E-state index contributed by atoms with van der Waals surface area (Å²) in [5, 5.41) is 16.2. The Balaban J connectivity index is 1.90. The summed E-state index contributed by atoms with van der Waals surface area (Å²) in [7, 11) is 0. The molecule has 1 atom stereocenters. The fourth-order valence-corrected chi connectivity index (χ4v) is 3.48. The van der Waals surface area contributed by atoms with Gasteiger partial charge < -0.3 is 20.1 Å². The van der Waals surface area contributed by atoms with Crippen LogP contribution in [0.3, 0.4) is 0 Å². The monoisotopic (exact) mass is 421 g/mol. The van der Waals surface area contributed by atoms with Gasteiger partial charge in [0.25, 0.3) is 5.69 Å². The van der Waals surface area contributed by atoms with Crippen LogP contribution in [0.2, 0.25) is 0 Å². The van der Waals surface area contributed by atoms with Crippen molar-refractivity contribution in [2.75, 3.05) is 6.54 Å². The van der Waals surface area contributed by atoms with Crippen LogP contribution in [0.4, 0.5) is 15.3 Å². The van der Waals surface area contributed by atoms with Crippen LogP contribution in [-0.4, -0.2) is 35.3 Å². The first-order valence-electron chi connectivity index (χ1n) is 10.3. The maximum absolute atomic E-state index is 12.2. The highest BCUT2D eigenvalue weighted by atomic mass is 16.6. The normalized spacial score (nSPS) is 15.7. The highest BCUT2D eigenvalue weighted by Gasteiger charge is 2.24. The molecule has 0 saturated heterocycles. The smallest absolute Gasteiger partial charge is 0.412 e. The van der Waals surface area contributed by atoms with Gasteiger partial charge in [-0.3, -0.25) is 10.1 Å². The molecule has 1 saturated carbocycles. The van der Waals surface area contributed by atoms with E-state index in [0.29, 0.717) is 5.92 Å². The Kier molecular flexibility index (Phi) is 8.44. The van der Waals surface area contributed by atoms with E-state index in [1.165, 1.54) is 43.5 Å². The molecule has 0 aromatic heterocycles. The fourth-order valence-electron chi connectivity index (χ4n) is 3.48. The number of hydrogen-bond acceptors (Lipinski definition) is 6. The van der Waals surface area contributed by atoms with Crippen molar-refractivity contribution in [2.45, 2.75) is 70.9 Å². The maximum Gasteiger partial charge on any atom is 0.412 e. The summed E-state index contributed by atoms with van der Waals surface area (Å²) in [6, 6.07) is 4.95. The van der Waals surface area contributed by atoms with E-state index in [4.69, 9.17) is 9.47 Å². The lowest BCUT2D eigenvalue weighted by molar-refractivity contribution is -0.384. The van der Waals surface area contributed by atoms with E-state index >= 15 is 0 Å². The predicted molar refractivity (Wildman–Crippen MR) is 111 cm³/mol. The number of nitrogens with one attached hydrogen (secondary N) is 2. The molecule has 0 radical (unpaired) electrons. The number of benzene rings is 1. The van der Waals surface area contributed by atoms with Crippen LogP contribution < -0.4 is 15.4 Å². The number of carbonyl (C=O) groups is 2. The molecule has 9 nitrogen and oxygen atoms in total. The zero-order valence-electron chi connectivity index (χ0n) is 17.8. The van der Waals surface area contributed by atoms with E-state index < -0.39 is 22.7 Å². The lowest BCUT2D eigenvalue weighted by atomic mass is 9.85. The van der Waals surface area contributed by atoms with E-state index in [2.05, 4.69) is 10.6 Å². The Labute approximate surface area is 176 Å². The van der Waals surface area contributed by atoms with E-state index in [9.17, 15) is 19.7 Å². The number of alkyl carbamates (subject to hydrolysis) is 1. The van der Waals surface area contributed by atoms with Crippen LogP contribution in [0.15, 0.2) is 24.3 Å². The number of nitrogens with zero attached hydrogens (tertiary/aromatic N) is 1. The van der Waals surface area contributed by atoms with Gasteiger partial charge in [0.2, 0.25) is 0 Å². The number of nitro groups is 1. The molecule has 2 rings (SSSR count). The second kappa shape index (κ2) is 10.8. The van der Waals surface area contributed by atoms with Gasteiger partial charge in [-0.25, -0.2) is 9.59 Å². The Morgan fingerprint density at radius 1 is 1.13 bits per heavy atom. The Bertz CT molecular complexity index is 723. The third-order valence-corrected chi connectivity index (χ3v) is 4.81. The molecule has 0 spiro atoms. The Morgan fingerprint density at radius 3 is 2.33 bits per heavy atom. The van der Waals surface area contributed by atoms with Crippen molar-refractivity contribution in [3.63, 3.8) is 0 Å². The summed E-state index contributed by atoms with van der Waals surface area (Å²) >= 11 is 0. The highest BCUT2D eigenvalue weighted by Crippen LogP contribution is 2.27. The summed E-state index contributed by atoms with van der Waals surface area (Å²) in [6.45, 7) is 5.58. The molecule has 1 aromatic carbocycles. The number of hydrogen-bond donors (Lipinski definition) is 2. The fraction of sp³-hybridized carbons (Fsp3) is 0.619. The van der Waals surface area contributed by atoms with E-state index in [1.807, 2.05) is 0 Å². The second-order valence-corrected chi connectivity index (χ2v) is 8.60.